The number of para-hydroxylation sites is 6. The van der Waals surface area contributed by atoms with Crippen LogP contribution in [0.5, 0.6) is 0 Å². The predicted octanol–water partition coefficient (Wildman–Crippen LogP) is 14.4. The molecule has 0 bridgehead atoms. The molecule has 0 amide bonds. The van der Waals surface area contributed by atoms with Crippen molar-refractivity contribution in [3.63, 3.8) is 0 Å². The molecular formula is C57H34N6O2. The Kier molecular flexibility index (Phi) is 8.35. The Bertz CT molecular complexity index is 3740. The monoisotopic (exact) mass is 834 g/mol. The zero-order valence-corrected chi connectivity index (χ0v) is 34.6. The lowest BCUT2D eigenvalue weighted by Crippen LogP contribution is -2.00. The summed E-state index contributed by atoms with van der Waals surface area (Å²) in [4.78, 5) is 24.7. The number of oxazole rings is 2. The second kappa shape index (κ2) is 14.8. The van der Waals surface area contributed by atoms with E-state index in [9.17, 15) is 0 Å². The van der Waals surface area contributed by atoms with Crippen LogP contribution in [0.15, 0.2) is 215 Å². The highest BCUT2D eigenvalue weighted by molar-refractivity contribution is 6.10. The van der Waals surface area contributed by atoms with E-state index in [1.807, 2.05) is 97.1 Å². The van der Waals surface area contributed by atoms with E-state index in [1.54, 1.807) is 0 Å². The maximum atomic E-state index is 6.07. The first-order valence-electron chi connectivity index (χ1n) is 21.5. The lowest BCUT2D eigenvalue weighted by Gasteiger charge is -2.11. The molecule has 0 fully saturated rings. The molecule has 65 heavy (non-hydrogen) atoms. The zero-order valence-electron chi connectivity index (χ0n) is 34.6. The molecule has 0 saturated carbocycles. The van der Waals surface area contributed by atoms with Gasteiger partial charge >= 0.3 is 0 Å². The molecule has 4 aromatic heterocycles. The van der Waals surface area contributed by atoms with Crippen LogP contribution in [0.2, 0.25) is 0 Å². The zero-order chi connectivity index (χ0) is 42.8. The van der Waals surface area contributed by atoms with Crippen molar-refractivity contribution in [2.24, 2.45) is 0 Å². The van der Waals surface area contributed by atoms with Gasteiger partial charge in [0.15, 0.2) is 28.6 Å². The number of nitrogens with zero attached hydrogens (tertiary/aromatic N) is 6. The van der Waals surface area contributed by atoms with Gasteiger partial charge in [-0.2, -0.15) is 0 Å². The minimum Gasteiger partial charge on any atom is -0.436 e. The summed E-state index contributed by atoms with van der Waals surface area (Å²) in [5.41, 5.74) is 13.2. The van der Waals surface area contributed by atoms with Crippen LogP contribution in [0.3, 0.4) is 0 Å². The summed E-state index contributed by atoms with van der Waals surface area (Å²) in [6, 6.07) is 70.5. The van der Waals surface area contributed by atoms with Crippen molar-refractivity contribution in [1.82, 2.24) is 29.5 Å². The minimum absolute atomic E-state index is 0.550. The van der Waals surface area contributed by atoms with Crippen molar-refractivity contribution in [1.29, 1.82) is 0 Å². The van der Waals surface area contributed by atoms with Gasteiger partial charge in [-0.25, -0.2) is 24.9 Å². The van der Waals surface area contributed by atoms with Crippen LogP contribution in [0.1, 0.15) is 0 Å². The number of fused-ring (bicyclic) bond motifs is 6. The van der Waals surface area contributed by atoms with Crippen LogP contribution >= 0.6 is 0 Å². The number of hydrogen-bond acceptors (Lipinski definition) is 7. The maximum Gasteiger partial charge on any atom is 0.227 e. The molecule has 304 valence electrons. The van der Waals surface area contributed by atoms with E-state index in [0.717, 1.165) is 77.6 Å². The lowest BCUT2D eigenvalue weighted by atomic mass is 9.98. The van der Waals surface area contributed by atoms with Gasteiger partial charge in [0.25, 0.3) is 0 Å². The quantitative estimate of drug-likeness (QED) is 0.158. The van der Waals surface area contributed by atoms with E-state index in [-0.39, 0.29) is 0 Å². The van der Waals surface area contributed by atoms with Crippen molar-refractivity contribution in [2.45, 2.75) is 0 Å². The van der Waals surface area contributed by atoms with Crippen molar-refractivity contribution >= 4 is 54.8 Å². The largest absolute Gasteiger partial charge is 0.436 e. The molecule has 0 aliphatic rings. The van der Waals surface area contributed by atoms with Crippen molar-refractivity contribution < 1.29 is 8.83 Å². The smallest absolute Gasteiger partial charge is 0.227 e. The normalized spacial score (nSPS) is 11.7. The molecule has 8 nitrogen and oxygen atoms in total. The Morgan fingerprint density at radius 2 is 0.769 bits per heavy atom. The van der Waals surface area contributed by atoms with Gasteiger partial charge in [0.1, 0.15) is 11.0 Å². The number of benzene rings is 9. The fourth-order valence-corrected chi connectivity index (χ4v) is 8.85. The van der Waals surface area contributed by atoms with Crippen LogP contribution in [0, 0.1) is 0 Å². The Morgan fingerprint density at radius 1 is 0.308 bits per heavy atom. The molecule has 0 unspecified atom stereocenters. The summed E-state index contributed by atoms with van der Waals surface area (Å²) >= 11 is 0. The number of rotatable bonds is 7. The molecule has 13 aromatic rings. The molecule has 0 N–H and O–H groups in total. The third-order valence-electron chi connectivity index (χ3n) is 12.1. The first kappa shape index (κ1) is 36.6. The summed E-state index contributed by atoms with van der Waals surface area (Å²) in [5, 5.41) is 4.64. The standard InChI is InChI=1S/C57H34N6O2/c1-2-10-44(11-3-1)63-49-15-7-4-12-45(49)46-34-41(30-31-50(46)63)40-28-18-35-19-29-42(33-43(35)32-40)55-61-53(36-20-24-38(25-21-36)56-58-47-13-5-8-16-51(47)64-56)60-54(62-55)37-22-26-39(27-23-37)57-59-48-14-6-9-17-52(48)65-57/h1-34H. The summed E-state index contributed by atoms with van der Waals surface area (Å²) in [6.45, 7) is 0. The molecule has 0 radical (unpaired) electrons. The summed E-state index contributed by atoms with van der Waals surface area (Å²) in [5.74, 6) is 2.79. The van der Waals surface area contributed by atoms with E-state index < -0.39 is 0 Å². The second-order valence-electron chi connectivity index (χ2n) is 16.1. The summed E-state index contributed by atoms with van der Waals surface area (Å²) < 4.78 is 14.5. The van der Waals surface area contributed by atoms with Gasteiger partial charge in [-0.15, -0.1) is 0 Å². The highest BCUT2D eigenvalue weighted by atomic mass is 16.4. The van der Waals surface area contributed by atoms with Crippen LogP contribution < -0.4 is 0 Å². The fourth-order valence-electron chi connectivity index (χ4n) is 8.85. The number of hydrogen-bond donors (Lipinski definition) is 0. The highest BCUT2D eigenvalue weighted by Crippen LogP contribution is 2.37. The van der Waals surface area contributed by atoms with Gasteiger partial charge in [0.05, 0.1) is 11.0 Å². The molecule has 0 atom stereocenters. The molecule has 0 aliphatic carbocycles. The Labute approximate surface area is 371 Å². The molecule has 4 heterocycles. The van der Waals surface area contributed by atoms with Crippen molar-refractivity contribution in [2.75, 3.05) is 0 Å². The van der Waals surface area contributed by atoms with E-state index >= 15 is 0 Å². The van der Waals surface area contributed by atoms with Gasteiger partial charge < -0.3 is 13.4 Å². The number of aromatic nitrogens is 6. The molecule has 9 aromatic carbocycles. The van der Waals surface area contributed by atoms with Crippen LogP contribution in [-0.4, -0.2) is 29.5 Å². The predicted molar refractivity (Wildman–Crippen MR) is 259 cm³/mol. The van der Waals surface area contributed by atoms with Crippen LogP contribution in [0.25, 0.3) is 129 Å². The minimum atomic E-state index is 0.550. The fraction of sp³-hybridized carbons (Fsp3) is 0. The third kappa shape index (κ3) is 6.43. The average Bonchev–Trinajstić information content (AvgIpc) is 4.11. The average molecular weight is 835 g/mol. The molecule has 0 aliphatic heterocycles. The molecule has 13 rings (SSSR count). The molecule has 0 spiro atoms. The Morgan fingerprint density at radius 3 is 1.40 bits per heavy atom. The van der Waals surface area contributed by atoms with Gasteiger partial charge in [-0.1, -0.05) is 115 Å². The SMILES string of the molecule is c1ccc(-n2c3ccccc3c3cc(-c4ccc5ccc(-c6nc(-c7ccc(-c8nc9ccccc9o8)cc7)nc(-c7ccc(-c8nc9ccccc9o8)cc7)n6)cc5c4)ccc32)cc1. The van der Waals surface area contributed by atoms with Crippen molar-refractivity contribution in [3.8, 4) is 73.9 Å². The van der Waals surface area contributed by atoms with Crippen molar-refractivity contribution in [3.05, 3.63) is 206 Å². The van der Waals surface area contributed by atoms with Crippen LogP contribution in [-0.2, 0) is 0 Å². The lowest BCUT2D eigenvalue weighted by molar-refractivity contribution is 0.619. The van der Waals surface area contributed by atoms with Gasteiger partial charge in [0.2, 0.25) is 11.8 Å². The van der Waals surface area contributed by atoms with E-state index in [0.29, 0.717) is 29.3 Å². The molecular weight excluding hydrogens is 801 g/mol. The van der Waals surface area contributed by atoms with Gasteiger partial charge in [-0.05, 0) is 113 Å². The topological polar surface area (TPSA) is 95.7 Å². The Hall–Kier alpha value is -9.01. The first-order valence-corrected chi connectivity index (χ1v) is 21.5. The maximum absolute atomic E-state index is 6.07. The van der Waals surface area contributed by atoms with Gasteiger partial charge in [-0.3, -0.25) is 0 Å². The molecule has 0 saturated heterocycles. The summed E-state index contributed by atoms with van der Waals surface area (Å²) in [7, 11) is 0. The third-order valence-corrected chi connectivity index (χ3v) is 12.1. The molecule has 8 heteroatoms. The van der Waals surface area contributed by atoms with Crippen LogP contribution in [0.4, 0.5) is 0 Å². The second-order valence-corrected chi connectivity index (χ2v) is 16.1. The van der Waals surface area contributed by atoms with E-state index in [4.69, 9.17) is 33.8 Å². The Balaban J connectivity index is 0.897. The van der Waals surface area contributed by atoms with E-state index in [1.165, 1.54) is 21.8 Å². The highest BCUT2D eigenvalue weighted by Gasteiger charge is 2.17. The summed E-state index contributed by atoms with van der Waals surface area (Å²) in [6.07, 6.45) is 0. The van der Waals surface area contributed by atoms with Gasteiger partial charge in [0, 0.05) is 44.3 Å². The first-order chi connectivity index (χ1) is 32.1. The van der Waals surface area contributed by atoms with E-state index in [2.05, 4.69) is 114 Å².